The second kappa shape index (κ2) is 12.1. The number of carbonyl (C=O) groups is 4. The number of anilines is 1. The topological polar surface area (TPSA) is 241 Å². The maximum Gasteiger partial charge on any atom is 0.352 e. The first-order valence-corrected chi connectivity index (χ1v) is 14.3. The zero-order chi connectivity index (χ0) is 30.0. The Morgan fingerprint density at radius 2 is 2.02 bits per heavy atom. The molecule has 4 heterocycles. The van der Waals surface area contributed by atoms with Crippen LogP contribution in [0.15, 0.2) is 45.8 Å². The Morgan fingerprint density at radius 3 is 2.69 bits per heavy atom. The third-order valence-corrected chi connectivity index (χ3v) is 8.55. The minimum absolute atomic E-state index is 0.0413. The summed E-state index contributed by atoms with van der Waals surface area (Å²) in [6.07, 6.45) is 0. The third-order valence-electron chi connectivity index (χ3n) is 5.62. The number of nitrogens with zero attached hydrogens (tertiary/aromatic N) is 8. The number of rotatable bonds is 11. The van der Waals surface area contributed by atoms with Crippen LogP contribution in [0.4, 0.5) is 9.52 Å². The Balaban J connectivity index is 1.31. The lowest BCUT2D eigenvalue weighted by molar-refractivity contribution is -0.150. The zero-order valence-electron chi connectivity index (χ0n) is 20.8. The number of β-lactam (4-membered cyclic amide) rings is 1. The largest absolute Gasteiger partial charge is 0.480 e. The minimum Gasteiger partial charge on any atom is -0.480 e. The summed E-state index contributed by atoms with van der Waals surface area (Å²) in [5, 5.41) is 35.5. The fraction of sp³-hybridized carbons (Fsp3) is 0.238. The molecule has 21 heteroatoms. The van der Waals surface area contributed by atoms with Gasteiger partial charge in [-0.05, 0) is 40.3 Å². The summed E-state index contributed by atoms with van der Waals surface area (Å²) in [5.74, 6) is -4.39. The molecule has 2 amide bonds. The number of oxime groups is 1. The van der Waals surface area contributed by atoms with Gasteiger partial charge in [0.05, 0.1) is 0 Å². The van der Waals surface area contributed by atoms with Crippen molar-refractivity contribution in [2.24, 2.45) is 5.16 Å². The molecule has 0 radical (unpaired) electrons. The van der Waals surface area contributed by atoms with Gasteiger partial charge in [0.25, 0.3) is 11.8 Å². The third kappa shape index (κ3) is 6.01. The Kier molecular flexibility index (Phi) is 8.31. The monoisotopic (exact) mass is 636 g/mol. The highest BCUT2D eigenvalue weighted by atomic mass is 32.2. The van der Waals surface area contributed by atoms with E-state index < -0.39 is 53.2 Å². The molecule has 0 bridgehead atoms. The van der Waals surface area contributed by atoms with Gasteiger partial charge in [0.2, 0.25) is 16.7 Å². The summed E-state index contributed by atoms with van der Waals surface area (Å²) < 4.78 is 18.2. The van der Waals surface area contributed by atoms with Crippen molar-refractivity contribution in [3.63, 3.8) is 0 Å². The first-order valence-electron chi connectivity index (χ1n) is 11.5. The van der Waals surface area contributed by atoms with E-state index in [1.807, 2.05) is 0 Å². The molecule has 5 rings (SSSR count). The molecule has 0 saturated carbocycles. The molecule has 5 N–H and O–H groups in total. The summed E-state index contributed by atoms with van der Waals surface area (Å²) >= 11 is 3.04. The van der Waals surface area contributed by atoms with Crippen molar-refractivity contribution in [1.29, 1.82) is 0 Å². The smallest absolute Gasteiger partial charge is 0.352 e. The molecule has 2 aliphatic heterocycles. The van der Waals surface area contributed by atoms with Crippen LogP contribution in [0.2, 0.25) is 0 Å². The first-order chi connectivity index (χ1) is 20.1. The highest BCUT2D eigenvalue weighted by molar-refractivity contribution is 8.01. The molecule has 0 aliphatic carbocycles. The van der Waals surface area contributed by atoms with Crippen LogP contribution in [0.3, 0.4) is 0 Å². The summed E-state index contributed by atoms with van der Waals surface area (Å²) in [6, 6.07) is 3.71. The summed E-state index contributed by atoms with van der Waals surface area (Å²) in [7, 11) is 0. The zero-order valence-corrected chi connectivity index (χ0v) is 23.2. The molecule has 2 aromatic heterocycles. The van der Waals surface area contributed by atoms with Gasteiger partial charge in [-0.25, -0.2) is 13.9 Å². The SMILES string of the molecule is Nc1nc(C(=NOc2ccc(F)cc2)C(=O)NC2C(=O)N3C(C(=O)O)=C(CSc4nnnn4CC(=O)O)CS[C@@H]23)ns1. The minimum atomic E-state index is -1.35. The van der Waals surface area contributed by atoms with Crippen LogP contribution in [0.1, 0.15) is 5.82 Å². The lowest BCUT2D eigenvalue weighted by Crippen LogP contribution is -2.71. The number of thioether (sulfide) groups is 2. The molecule has 218 valence electrons. The fourth-order valence-electron chi connectivity index (χ4n) is 3.79. The Bertz CT molecular complexity index is 1630. The summed E-state index contributed by atoms with van der Waals surface area (Å²) in [4.78, 5) is 59.7. The van der Waals surface area contributed by atoms with Crippen LogP contribution in [0.25, 0.3) is 0 Å². The normalized spacial score (nSPS) is 18.4. The second-order valence-electron chi connectivity index (χ2n) is 8.36. The standard InChI is InChI=1S/C21H17FN10O7S3/c22-9-1-3-10(4-2-9)39-27-12(15-25-20(23)42-28-15)16(35)24-13-17(36)32-14(19(37)38)8(6-40-18(13)32)7-41-21-26-29-30-31(21)5-11(33)34/h1-4,13,18H,5-7H2,(H,24,35)(H,33,34)(H,37,38)(H2,23,25,28)/t13?,18-/m0/s1. The van der Waals surface area contributed by atoms with E-state index in [4.69, 9.17) is 15.7 Å². The van der Waals surface area contributed by atoms with E-state index in [0.29, 0.717) is 5.57 Å². The number of hydrogen-bond acceptors (Lipinski definition) is 15. The molecule has 2 atom stereocenters. The van der Waals surface area contributed by atoms with Crippen molar-refractivity contribution in [3.8, 4) is 5.75 Å². The van der Waals surface area contributed by atoms with E-state index in [0.717, 1.165) is 45.0 Å². The van der Waals surface area contributed by atoms with Gasteiger partial charge in [-0.1, -0.05) is 16.9 Å². The molecule has 42 heavy (non-hydrogen) atoms. The van der Waals surface area contributed by atoms with Gasteiger partial charge in [-0.3, -0.25) is 19.3 Å². The van der Waals surface area contributed by atoms with Gasteiger partial charge in [0.1, 0.15) is 29.5 Å². The second-order valence-corrected chi connectivity index (χ2v) is 11.2. The predicted octanol–water partition coefficient (Wildman–Crippen LogP) is -0.355. The van der Waals surface area contributed by atoms with E-state index in [-0.39, 0.29) is 39.1 Å². The van der Waals surface area contributed by atoms with Gasteiger partial charge in [0, 0.05) is 23.0 Å². The lowest BCUT2D eigenvalue weighted by atomic mass is 10.0. The molecule has 1 aromatic carbocycles. The number of nitrogens with one attached hydrogen (secondary N) is 1. The van der Waals surface area contributed by atoms with Gasteiger partial charge in [-0.2, -0.15) is 9.36 Å². The van der Waals surface area contributed by atoms with Crippen LogP contribution < -0.4 is 15.9 Å². The van der Waals surface area contributed by atoms with Crippen molar-refractivity contribution < 1.29 is 38.6 Å². The van der Waals surface area contributed by atoms with Crippen LogP contribution >= 0.6 is 35.1 Å². The summed E-state index contributed by atoms with van der Waals surface area (Å²) in [5.41, 5.74) is 5.36. The average molecular weight is 637 g/mol. The van der Waals surface area contributed by atoms with Gasteiger partial charge in [0.15, 0.2) is 10.9 Å². The van der Waals surface area contributed by atoms with Crippen LogP contribution in [-0.4, -0.2) is 97.1 Å². The quantitative estimate of drug-likeness (QED) is 0.0909. The van der Waals surface area contributed by atoms with E-state index >= 15 is 0 Å². The Labute approximate surface area is 246 Å². The highest BCUT2D eigenvalue weighted by Gasteiger charge is 2.54. The number of carboxylic acids is 2. The fourth-order valence-corrected chi connectivity index (χ4v) is 6.59. The maximum atomic E-state index is 13.2. The predicted molar refractivity (Wildman–Crippen MR) is 144 cm³/mol. The van der Waals surface area contributed by atoms with Crippen LogP contribution in [0.5, 0.6) is 5.75 Å². The maximum absolute atomic E-state index is 13.2. The molecule has 3 aromatic rings. The van der Waals surface area contributed by atoms with E-state index in [1.54, 1.807) is 0 Å². The molecular weight excluding hydrogens is 619 g/mol. The number of halogens is 1. The number of amides is 2. The highest BCUT2D eigenvalue weighted by Crippen LogP contribution is 2.41. The van der Waals surface area contributed by atoms with Gasteiger partial charge >= 0.3 is 11.9 Å². The lowest BCUT2D eigenvalue weighted by Gasteiger charge is -2.49. The molecule has 1 fully saturated rings. The van der Waals surface area contributed by atoms with Crippen LogP contribution in [0, 0.1) is 5.82 Å². The molecular formula is C21H17FN10O7S3. The number of hydrogen-bond donors (Lipinski definition) is 4. The van der Waals surface area contributed by atoms with Crippen molar-refractivity contribution >= 4 is 69.7 Å². The van der Waals surface area contributed by atoms with Crippen molar-refractivity contribution in [3.05, 3.63) is 47.2 Å². The van der Waals surface area contributed by atoms with Crippen molar-refractivity contribution in [1.82, 2.24) is 39.8 Å². The number of nitrogen functional groups attached to an aromatic ring is 1. The molecule has 17 nitrogen and oxygen atoms in total. The number of tetrazole rings is 1. The number of carboxylic acid groups (broad SMARTS) is 2. The number of aromatic nitrogens is 6. The first kappa shape index (κ1) is 28.9. The number of fused-ring (bicyclic) bond motifs is 1. The van der Waals surface area contributed by atoms with Crippen molar-refractivity contribution in [2.75, 3.05) is 17.2 Å². The van der Waals surface area contributed by atoms with E-state index in [2.05, 4.69) is 35.4 Å². The number of aliphatic carboxylic acids is 2. The van der Waals surface area contributed by atoms with Gasteiger partial charge in [-0.15, -0.1) is 16.9 Å². The molecule has 1 saturated heterocycles. The number of nitrogens with two attached hydrogens (primary N) is 1. The van der Waals surface area contributed by atoms with E-state index in [9.17, 15) is 28.7 Å². The number of benzene rings is 1. The molecule has 1 unspecified atom stereocenters. The Hall–Kier alpha value is -4.63. The average Bonchev–Trinajstić information content (AvgIpc) is 3.58. The van der Waals surface area contributed by atoms with Crippen LogP contribution in [-0.2, 0) is 25.7 Å². The number of carbonyl (C=O) groups excluding carboxylic acids is 2. The van der Waals surface area contributed by atoms with Crippen molar-refractivity contribution in [2.45, 2.75) is 23.1 Å². The van der Waals surface area contributed by atoms with Gasteiger partial charge < -0.3 is 26.1 Å². The van der Waals surface area contributed by atoms with E-state index in [1.165, 1.54) is 23.9 Å². The molecule has 2 aliphatic rings. The molecule has 0 spiro atoms. The summed E-state index contributed by atoms with van der Waals surface area (Å²) in [6.45, 7) is -0.480. The Morgan fingerprint density at radius 1 is 1.26 bits per heavy atom.